The van der Waals surface area contributed by atoms with E-state index in [2.05, 4.69) is 54.5 Å². The van der Waals surface area contributed by atoms with Crippen LogP contribution in [0.15, 0.2) is 30.3 Å². The van der Waals surface area contributed by atoms with Crippen molar-refractivity contribution < 1.29 is 0 Å². The Morgan fingerprint density at radius 2 is 2.00 bits per heavy atom. The molecule has 1 aliphatic rings. The maximum Gasteiger partial charge on any atom is 0.0220 e. The van der Waals surface area contributed by atoms with Crippen LogP contribution in [-0.4, -0.2) is 37.6 Å². The van der Waals surface area contributed by atoms with Gasteiger partial charge in [-0.3, -0.25) is 0 Å². The van der Waals surface area contributed by atoms with Gasteiger partial charge < -0.3 is 10.2 Å². The molecule has 0 aromatic heterocycles. The van der Waals surface area contributed by atoms with Crippen LogP contribution in [0.2, 0.25) is 0 Å². The van der Waals surface area contributed by atoms with Crippen LogP contribution in [-0.2, 0) is 6.42 Å². The van der Waals surface area contributed by atoms with Gasteiger partial charge in [-0.1, -0.05) is 37.3 Å². The summed E-state index contributed by atoms with van der Waals surface area (Å²) in [5, 5.41) is 3.52. The van der Waals surface area contributed by atoms with Crippen molar-refractivity contribution in [1.29, 1.82) is 0 Å². The van der Waals surface area contributed by atoms with E-state index in [0.29, 0.717) is 6.04 Å². The van der Waals surface area contributed by atoms with Crippen molar-refractivity contribution in [3.63, 3.8) is 0 Å². The van der Waals surface area contributed by atoms with Gasteiger partial charge in [0.05, 0.1) is 0 Å². The number of rotatable bonds is 4. The van der Waals surface area contributed by atoms with E-state index >= 15 is 0 Å². The Morgan fingerprint density at radius 3 is 2.71 bits per heavy atom. The third kappa shape index (κ3) is 3.83. The van der Waals surface area contributed by atoms with Crippen molar-refractivity contribution in [3.05, 3.63) is 35.9 Å². The first-order valence-electron chi connectivity index (χ1n) is 6.70. The fourth-order valence-electron chi connectivity index (χ4n) is 2.60. The summed E-state index contributed by atoms with van der Waals surface area (Å²) >= 11 is 0. The first-order chi connectivity index (χ1) is 8.25. The van der Waals surface area contributed by atoms with E-state index in [0.717, 1.165) is 25.4 Å². The fraction of sp³-hybridized carbons (Fsp3) is 0.600. The van der Waals surface area contributed by atoms with E-state index in [9.17, 15) is 0 Å². The van der Waals surface area contributed by atoms with Crippen molar-refractivity contribution >= 4 is 0 Å². The van der Waals surface area contributed by atoms with Crippen LogP contribution < -0.4 is 5.32 Å². The fourth-order valence-corrected chi connectivity index (χ4v) is 2.60. The van der Waals surface area contributed by atoms with Crippen LogP contribution in [0.25, 0.3) is 0 Å². The van der Waals surface area contributed by atoms with Crippen LogP contribution >= 0.6 is 0 Å². The third-order valence-corrected chi connectivity index (χ3v) is 3.77. The zero-order valence-corrected chi connectivity index (χ0v) is 11.0. The average Bonchev–Trinajstić information content (AvgIpc) is 2.37. The maximum atomic E-state index is 3.52. The Bertz CT molecular complexity index is 323. The predicted octanol–water partition coefficient (Wildman–Crippen LogP) is 2.16. The second-order valence-corrected chi connectivity index (χ2v) is 5.37. The minimum Gasteiger partial charge on any atom is -0.315 e. The molecule has 0 bridgehead atoms. The number of likely N-dealkylation sites (N-methyl/N-ethyl adjacent to an activating group) is 1. The van der Waals surface area contributed by atoms with Crippen LogP contribution in [0.3, 0.4) is 0 Å². The molecule has 0 aliphatic carbocycles. The molecule has 1 aromatic carbocycles. The van der Waals surface area contributed by atoms with Crippen molar-refractivity contribution in [1.82, 2.24) is 10.2 Å². The molecular formula is C15H24N2. The van der Waals surface area contributed by atoms with Crippen LogP contribution in [0.5, 0.6) is 0 Å². The normalized spacial score (nSPS) is 25.1. The molecule has 0 spiro atoms. The lowest BCUT2D eigenvalue weighted by Crippen LogP contribution is -2.47. The third-order valence-electron chi connectivity index (χ3n) is 3.77. The lowest BCUT2D eigenvalue weighted by Gasteiger charge is -2.34. The van der Waals surface area contributed by atoms with Gasteiger partial charge in [-0.25, -0.2) is 0 Å². The average molecular weight is 232 g/mol. The van der Waals surface area contributed by atoms with Gasteiger partial charge in [0.2, 0.25) is 0 Å². The highest BCUT2D eigenvalue weighted by molar-refractivity contribution is 5.14. The number of piperidine rings is 1. The van der Waals surface area contributed by atoms with E-state index in [4.69, 9.17) is 0 Å². The summed E-state index contributed by atoms with van der Waals surface area (Å²) in [6, 6.07) is 11.5. The molecule has 1 N–H and O–H groups in total. The highest BCUT2D eigenvalue weighted by Crippen LogP contribution is 2.14. The molecule has 0 radical (unpaired) electrons. The molecule has 1 aliphatic heterocycles. The predicted molar refractivity (Wildman–Crippen MR) is 73.2 cm³/mol. The molecule has 2 rings (SSSR count). The second-order valence-electron chi connectivity index (χ2n) is 5.37. The number of nitrogens with zero attached hydrogens (tertiary/aromatic N) is 1. The minimum atomic E-state index is 0.711. The lowest BCUT2D eigenvalue weighted by atomic mass is 9.96. The Balaban J connectivity index is 1.79. The van der Waals surface area contributed by atoms with E-state index in [-0.39, 0.29) is 0 Å². The maximum absolute atomic E-state index is 3.52. The van der Waals surface area contributed by atoms with Crippen LogP contribution in [0, 0.1) is 5.92 Å². The molecule has 17 heavy (non-hydrogen) atoms. The second kappa shape index (κ2) is 6.18. The molecule has 2 atom stereocenters. The van der Waals surface area contributed by atoms with Gasteiger partial charge in [0, 0.05) is 19.1 Å². The first-order valence-corrected chi connectivity index (χ1v) is 6.70. The lowest BCUT2D eigenvalue weighted by molar-refractivity contribution is 0.178. The monoisotopic (exact) mass is 232 g/mol. The molecule has 94 valence electrons. The molecule has 1 heterocycles. The zero-order chi connectivity index (χ0) is 12.1. The van der Waals surface area contributed by atoms with Crippen molar-refractivity contribution in [2.24, 2.45) is 5.92 Å². The van der Waals surface area contributed by atoms with Gasteiger partial charge in [-0.2, -0.15) is 0 Å². The zero-order valence-electron chi connectivity index (χ0n) is 11.0. The molecule has 1 fully saturated rings. The van der Waals surface area contributed by atoms with Gasteiger partial charge in [0.15, 0.2) is 0 Å². The molecule has 0 amide bonds. The van der Waals surface area contributed by atoms with Crippen molar-refractivity contribution in [2.45, 2.75) is 25.8 Å². The Labute approximate surface area is 105 Å². The van der Waals surface area contributed by atoms with Crippen LogP contribution in [0.4, 0.5) is 0 Å². The molecule has 2 nitrogen and oxygen atoms in total. The number of hydrogen-bond acceptors (Lipinski definition) is 2. The SMILES string of the molecule is CC1CNCC(N(C)CCc2ccccc2)C1. The first kappa shape index (κ1) is 12.6. The standard InChI is InChI=1S/C15H24N2/c1-13-10-15(12-16-11-13)17(2)9-8-14-6-4-3-5-7-14/h3-7,13,15-16H,8-12H2,1-2H3. The topological polar surface area (TPSA) is 15.3 Å². The summed E-state index contributed by atoms with van der Waals surface area (Å²) in [6.07, 6.45) is 2.49. The van der Waals surface area contributed by atoms with Crippen LogP contribution in [0.1, 0.15) is 18.9 Å². The number of benzene rings is 1. The molecule has 1 saturated heterocycles. The largest absolute Gasteiger partial charge is 0.315 e. The van der Waals surface area contributed by atoms with Gasteiger partial charge in [-0.05, 0) is 37.9 Å². The molecule has 2 unspecified atom stereocenters. The molecule has 2 heteroatoms. The van der Waals surface area contributed by atoms with E-state index in [1.54, 1.807) is 0 Å². The highest BCUT2D eigenvalue weighted by Gasteiger charge is 2.21. The summed E-state index contributed by atoms with van der Waals surface area (Å²) in [6.45, 7) is 5.83. The molecule has 0 saturated carbocycles. The van der Waals surface area contributed by atoms with Gasteiger partial charge >= 0.3 is 0 Å². The summed E-state index contributed by atoms with van der Waals surface area (Å²) in [7, 11) is 2.26. The number of hydrogen-bond donors (Lipinski definition) is 1. The summed E-state index contributed by atoms with van der Waals surface area (Å²) in [5.74, 6) is 0.813. The van der Waals surface area contributed by atoms with Crippen molar-refractivity contribution in [2.75, 3.05) is 26.7 Å². The Morgan fingerprint density at radius 1 is 1.24 bits per heavy atom. The Kier molecular flexibility index (Phi) is 4.57. The Hall–Kier alpha value is -0.860. The van der Waals surface area contributed by atoms with Gasteiger partial charge in [-0.15, -0.1) is 0 Å². The summed E-state index contributed by atoms with van der Waals surface area (Å²) in [4.78, 5) is 2.51. The highest BCUT2D eigenvalue weighted by atomic mass is 15.2. The summed E-state index contributed by atoms with van der Waals surface area (Å²) in [5.41, 5.74) is 1.44. The summed E-state index contributed by atoms with van der Waals surface area (Å²) < 4.78 is 0. The van der Waals surface area contributed by atoms with Gasteiger partial charge in [0.1, 0.15) is 0 Å². The van der Waals surface area contributed by atoms with E-state index in [1.807, 2.05) is 0 Å². The van der Waals surface area contributed by atoms with Gasteiger partial charge in [0.25, 0.3) is 0 Å². The smallest absolute Gasteiger partial charge is 0.0220 e. The molecule has 1 aromatic rings. The number of nitrogens with one attached hydrogen (secondary N) is 1. The van der Waals surface area contributed by atoms with Crippen molar-refractivity contribution in [3.8, 4) is 0 Å². The van der Waals surface area contributed by atoms with E-state index in [1.165, 1.54) is 18.5 Å². The van der Waals surface area contributed by atoms with E-state index < -0.39 is 0 Å². The quantitative estimate of drug-likeness (QED) is 0.856. The minimum absolute atomic E-state index is 0.711. The molecular weight excluding hydrogens is 208 g/mol.